The Morgan fingerprint density at radius 3 is 2.55 bits per heavy atom. The summed E-state index contributed by atoms with van der Waals surface area (Å²) in [6.45, 7) is 2.92. The predicted molar refractivity (Wildman–Crippen MR) is 166 cm³/mol. The van der Waals surface area contributed by atoms with E-state index in [1.165, 1.54) is 12.3 Å². The minimum Gasteiger partial charge on any atom is -0.459 e. The molecule has 20 heteroatoms. The zero-order valence-corrected chi connectivity index (χ0v) is 26.6. The molecule has 3 rings (SSSR count). The summed E-state index contributed by atoms with van der Waals surface area (Å²) in [5.41, 5.74) is 19.0. The van der Waals surface area contributed by atoms with Gasteiger partial charge in [0.05, 0.1) is 12.6 Å². The molecule has 7 atom stereocenters. The number of nitrogens with one attached hydrogen (secondary N) is 2. The van der Waals surface area contributed by atoms with Crippen molar-refractivity contribution in [1.29, 1.82) is 0 Å². The van der Waals surface area contributed by atoms with Crippen LogP contribution in [0.3, 0.4) is 0 Å². The van der Waals surface area contributed by atoms with Crippen molar-refractivity contribution in [3.63, 3.8) is 0 Å². The Kier molecular flexibility index (Phi) is 13.8. The third-order valence-electron chi connectivity index (χ3n) is 6.86. The fourth-order valence-electron chi connectivity index (χ4n) is 4.27. The number of amides is 1. The number of carbonyl (C=O) groups is 2. The third kappa shape index (κ3) is 11.4. The Hall–Kier alpha value is -3.94. The van der Waals surface area contributed by atoms with Gasteiger partial charge in [-0.15, -0.1) is 0 Å². The van der Waals surface area contributed by atoms with Gasteiger partial charge in [0, 0.05) is 12.7 Å². The van der Waals surface area contributed by atoms with Crippen LogP contribution in [0.1, 0.15) is 38.5 Å². The average molecular weight is 685 g/mol. The lowest BCUT2D eigenvalue weighted by molar-refractivity contribution is -0.150. The van der Waals surface area contributed by atoms with Gasteiger partial charge in [0.15, 0.2) is 6.23 Å². The lowest BCUT2D eigenvalue weighted by atomic mass is 10.0. The number of hydrogen-bond donors (Lipinski definition) is 8. The molecule has 1 aliphatic heterocycles. The number of rotatable bonds is 16. The molecule has 19 nitrogen and oxygen atoms in total. The van der Waals surface area contributed by atoms with Gasteiger partial charge in [0.25, 0.3) is 0 Å². The van der Waals surface area contributed by atoms with E-state index >= 15 is 0 Å². The fourth-order valence-corrected chi connectivity index (χ4v) is 4.86. The lowest BCUT2D eigenvalue weighted by Gasteiger charge is -2.22. The number of anilines is 1. The molecule has 11 N–H and O–H groups in total. The van der Waals surface area contributed by atoms with Crippen LogP contribution in [0, 0.1) is 5.92 Å². The minimum absolute atomic E-state index is 0.0488. The van der Waals surface area contributed by atoms with Crippen LogP contribution in [0.15, 0.2) is 52.4 Å². The summed E-state index contributed by atoms with van der Waals surface area (Å²) in [6, 6.07) is 8.53. The van der Waals surface area contributed by atoms with Crippen molar-refractivity contribution in [1.82, 2.24) is 20.3 Å². The topological polar surface area (TPSA) is 298 Å². The first-order chi connectivity index (χ1) is 22.2. The number of phosphoric acid groups is 1. The number of nitrogens with two attached hydrogens (primary N) is 3. The molecule has 1 saturated heterocycles. The molecule has 3 unspecified atom stereocenters. The van der Waals surface area contributed by atoms with Gasteiger partial charge in [-0.25, -0.2) is 19.6 Å². The first-order valence-corrected chi connectivity index (χ1v) is 16.0. The number of phosphoric ester groups is 1. The molecule has 1 aliphatic rings. The van der Waals surface area contributed by atoms with Gasteiger partial charge in [-0.1, -0.05) is 44.2 Å². The van der Waals surface area contributed by atoms with Crippen molar-refractivity contribution in [2.75, 3.05) is 18.9 Å². The number of aliphatic hydroxyl groups excluding tert-OH is 2. The molecule has 2 heterocycles. The summed E-state index contributed by atoms with van der Waals surface area (Å²) in [5, 5.41) is 23.2. The SMILES string of the molecule is CC(C)C(NC(=O)C(N)CCCN=C(N)NOP(=O)(O)OC[C@H]1O[C@@H](n2ccc(N)nc2=O)[C@H](O)[C@@H]1O)C(=O)OCc1ccccc1. The summed E-state index contributed by atoms with van der Waals surface area (Å²) >= 11 is 0. The second-order valence-electron chi connectivity index (χ2n) is 10.9. The van der Waals surface area contributed by atoms with Gasteiger partial charge in [0.2, 0.25) is 11.9 Å². The Morgan fingerprint density at radius 1 is 1.19 bits per heavy atom. The molecule has 0 bridgehead atoms. The predicted octanol–water partition coefficient (Wildman–Crippen LogP) is -1.61. The van der Waals surface area contributed by atoms with E-state index < -0.39 is 74.6 Å². The Morgan fingerprint density at radius 2 is 1.89 bits per heavy atom. The van der Waals surface area contributed by atoms with Crippen molar-refractivity contribution < 1.29 is 47.9 Å². The van der Waals surface area contributed by atoms with E-state index in [2.05, 4.69) is 19.9 Å². The number of nitrogen functional groups attached to an aromatic ring is 1. The van der Waals surface area contributed by atoms with Gasteiger partial charge in [0.1, 0.15) is 36.8 Å². The van der Waals surface area contributed by atoms with Gasteiger partial charge >= 0.3 is 19.5 Å². The molecule has 2 aromatic rings. The Bertz CT molecular complexity index is 1480. The van der Waals surface area contributed by atoms with E-state index in [0.717, 1.165) is 10.1 Å². The van der Waals surface area contributed by atoms with E-state index in [9.17, 15) is 34.1 Å². The number of aliphatic imine (C=N–C) groups is 1. The van der Waals surface area contributed by atoms with Crippen LogP contribution in [-0.4, -0.2) is 86.0 Å². The van der Waals surface area contributed by atoms with E-state index in [0.29, 0.717) is 0 Å². The van der Waals surface area contributed by atoms with E-state index in [1.54, 1.807) is 13.8 Å². The largest absolute Gasteiger partial charge is 0.493 e. The van der Waals surface area contributed by atoms with Gasteiger partial charge in [-0.3, -0.25) is 18.9 Å². The van der Waals surface area contributed by atoms with Crippen molar-refractivity contribution in [2.24, 2.45) is 22.4 Å². The van der Waals surface area contributed by atoms with Crippen LogP contribution in [-0.2, 0) is 39.4 Å². The number of benzene rings is 1. The van der Waals surface area contributed by atoms with Crippen LogP contribution < -0.4 is 33.7 Å². The van der Waals surface area contributed by atoms with Crippen LogP contribution in [0.2, 0.25) is 0 Å². The van der Waals surface area contributed by atoms with Crippen molar-refractivity contribution >= 4 is 31.5 Å². The molecule has 1 fully saturated rings. The molecular formula is C27H41N8O11P. The number of aliphatic hydroxyl groups is 2. The van der Waals surface area contributed by atoms with Crippen molar-refractivity contribution in [3.8, 4) is 0 Å². The maximum absolute atomic E-state index is 12.6. The normalized spacial score (nSPS) is 22.3. The zero-order chi connectivity index (χ0) is 34.7. The first-order valence-electron chi connectivity index (χ1n) is 14.5. The molecule has 1 aromatic heterocycles. The number of hydroxylamine groups is 1. The molecule has 47 heavy (non-hydrogen) atoms. The smallest absolute Gasteiger partial charge is 0.459 e. The second-order valence-corrected chi connectivity index (χ2v) is 12.3. The highest BCUT2D eigenvalue weighted by Gasteiger charge is 2.45. The fraction of sp³-hybridized carbons (Fsp3) is 0.519. The van der Waals surface area contributed by atoms with Gasteiger partial charge in [-0.2, -0.15) is 9.61 Å². The quantitative estimate of drug-likeness (QED) is 0.0246. The van der Waals surface area contributed by atoms with Crippen LogP contribution in [0.4, 0.5) is 5.82 Å². The minimum atomic E-state index is -4.83. The number of ether oxygens (including phenoxy) is 2. The monoisotopic (exact) mass is 684 g/mol. The summed E-state index contributed by atoms with van der Waals surface area (Å²) in [4.78, 5) is 54.6. The van der Waals surface area contributed by atoms with E-state index in [-0.39, 0.29) is 37.7 Å². The van der Waals surface area contributed by atoms with Crippen LogP contribution >= 0.6 is 7.82 Å². The lowest BCUT2D eigenvalue weighted by Crippen LogP contribution is -2.51. The Balaban J connectivity index is 1.38. The molecule has 1 aromatic carbocycles. The third-order valence-corrected chi connectivity index (χ3v) is 7.66. The van der Waals surface area contributed by atoms with E-state index in [4.69, 9.17) is 31.2 Å². The highest BCUT2D eigenvalue weighted by molar-refractivity contribution is 7.47. The summed E-state index contributed by atoms with van der Waals surface area (Å²) < 4.78 is 33.3. The maximum atomic E-state index is 12.6. The number of esters is 1. The van der Waals surface area contributed by atoms with E-state index in [1.807, 2.05) is 35.8 Å². The average Bonchev–Trinajstić information content (AvgIpc) is 3.31. The molecule has 0 spiro atoms. The van der Waals surface area contributed by atoms with Crippen LogP contribution in [0.25, 0.3) is 0 Å². The maximum Gasteiger partial charge on any atom is 0.493 e. The number of nitrogens with zero attached hydrogens (tertiary/aromatic N) is 3. The molecule has 260 valence electrons. The summed E-state index contributed by atoms with van der Waals surface area (Å²) in [5.74, 6) is -1.85. The highest BCUT2D eigenvalue weighted by atomic mass is 31.2. The standard InChI is InChI=1S/C27H41N8O11P/c1-15(2)20(25(39)43-13-16-7-4-3-5-8-16)33-23(38)17(28)9-6-11-31-26(30)34-46-47(41,42)44-14-18-21(36)22(37)24(45-18)35-12-10-19(29)32-27(35)40/h3-5,7-8,10,12,15,17-18,20-22,24,36-37H,6,9,11,13-14,28H2,1-2H3,(H,33,38)(H,41,42)(H2,29,32,40)(H3,30,31,34)/t17?,18-,20?,21-,22-,24-/m1/s1. The Labute approximate surface area is 269 Å². The number of carbonyl (C=O) groups excluding carboxylic acids is 2. The van der Waals surface area contributed by atoms with Crippen molar-refractivity contribution in [3.05, 3.63) is 58.6 Å². The van der Waals surface area contributed by atoms with Gasteiger partial charge < -0.3 is 47.1 Å². The molecule has 0 saturated carbocycles. The molecule has 1 amide bonds. The number of aromatic nitrogens is 2. The molecular weight excluding hydrogens is 643 g/mol. The van der Waals surface area contributed by atoms with Crippen molar-refractivity contribution in [2.45, 2.75) is 69.9 Å². The molecule has 0 aliphatic carbocycles. The highest BCUT2D eigenvalue weighted by Crippen LogP contribution is 2.43. The second kappa shape index (κ2) is 17.3. The summed E-state index contributed by atoms with van der Waals surface area (Å²) in [6.07, 6.45) is -4.22. The number of hydrogen-bond acceptors (Lipinski definition) is 14. The first kappa shape index (κ1) is 37.5. The molecule has 0 radical (unpaired) electrons. The summed E-state index contributed by atoms with van der Waals surface area (Å²) in [7, 11) is -4.83. The number of guanidine groups is 1. The van der Waals surface area contributed by atoms with Crippen LogP contribution in [0.5, 0.6) is 0 Å². The zero-order valence-electron chi connectivity index (χ0n) is 25.7. The van der Waals surface area contributed by atoms with Gasteiger partial charge in [-0.05, 0) is 30.4 Å².